The zero-order valence-corrected chi connectivity index (χ0v) is 28.3. The number of fused-ring (bicyclic) bond motifs is 2. The van der Waals surface area contributed by atoms with Crippen molar-refractivity contribution in [3.63, 3.8) is 0 Å². The fraction of sp³-hybridized carbons (Fsp3) is 0.533. The zero-order chi connectivity index (χ0) is 30.8. The Balaban J connectivity index is 0.000000157. The lowest BCUT2D eigenvalue weighted by Gasteiger charge is -2.21. The number of hydrogen-bond donors (Lipinski definition) is 2. The lowest BCUT2D eigenvalue weighted by molar-refractivity contribution is 0.0661. The van der Waals surface area contributed by atoms with Crippen LogP contribution in [0.15, 0.2) is 33.5 Å². The van der Waals surface area contributed by atoms with Crippen molar-refractivity contribution in [1.29, 1.82) is 0 Å². The third kappa shape index (κ3) is 6.68. The minimum Gasteiger partial charge on any atom is -0.273 e. The highest BCUT2D eigenvalue weighted by atomic mass is 79.9. The van der Waals surface area contributed by atoms with Crippen LogP contribution in [0.25, 0.3) is 11.3 Å². The Kier molecular flexibility index (Phi) is 9.31. The van der Waals surface area contributed by atoms with E-state index >= 15 is 0 Å². The fourth-order valence-electron chi connectivity index (χ4n) is 5.65. The molecular formula is C30H38Br2N10O2. The largest absolute Gasteiger partial charge is 0.286 e. The Bertz CT molecular complexity index is 1670. The Labute approximate surface area is 273 Å². The van der Waals surface area contributed by atoms with Crippen molar-refractivity contribution in [3.05, 3.63) is 56.2 Å². The van der Waals surface area contributed by atoms with Crippen LogP contribution in [0.1, 0.15) is 97.6 Å². The third-order valence-corrected chi connectivity index (χ3v) is 9.28. The molecule has 3 fully saturated rings. The van der Waals surface area contributed by atoms with E-state index in [-0.39, 0.29) is 17.2 Å². The Morgan fingerprint density at radius 3 is 1.84 bits per heavy atom. The van der Waals surface area contributed by atoms with Crippen LogP contribution in [-0.2, 0) is 11.8 Å². The maximum atomic E-state index is 12.9. The number of aryl methyl sites for hydroxylation is 1. The van der Waals surface area contributed by atoms with Crippen LogP contribution in [0, 0.1) is 0 Å². The summed E-state index contributed by atoms with van der Waals surface area (Å²) in [6, 6.07) is 7.45. The number of amides is 2. The number of aromatic nitrogens is 6. The third-order valence-electron chi connectivity index (χ3n) is 8.50. The molecule has 0 atom stereocenters. The maximum Gasteiger partial charge on any atom is 0.286 e. The summed E-state index contributed by atoms with van der Waals surface area (Å²) in [4.78, 5) is 34.5. The van der Waals surface area contributed by atoms with Gasteiger partial charge in [-0.25, -0.2) is 29.9 Å². The molecule has 44 heavy (non-hydrogen) atoms. The van der Waals surface area contributed by atoms with Gasteiger partial charge in [0.15, 0.2) is 11.3 Å². The van der Waals surface area contributed by atoms with Crippen molar-refractivity contribution >= 4 is 55.0 Å². The predicted molar refractivity (Wildman–Crippen MR) is 173 cm³/mol. The molecule has 0 radical (unpaired) electrons. The van der Waals surface area contributed by atoms with E-state index in [0.717, 1.165) is 110 Å². The summed E-state index contributed by atoms with van der Waals surface area (Å²) in [6.45, 7) is 7.42. The van der Waals surface area contributed by atoms with Crippen molar-refractivity contribution in [2.24, 2.45) is 0 Å². The average Bonchev–Trinajstić information content (AvgIpc) is 3.69. The second-order valence-electron chi connectivity index (χ2n) is 11.9. The number of rotatable bonds is 4. The normalized spacial score (nSPS) is 18.5. The van der Waals surface area contributed by atoms with E-state index in [2.05, 4.69) is 69.8 Å². The first-order valence-electron chi connectivity index (χ1n) is 15.5. The van der Waals surface area contributed by atoms with Gasteiger partial charge in [-0.05, 0) is 88.9 Å². The molecule has 0 spiro atoms. The molecule has 4 aromatic heterocycles. The lowest BCUT2D eigenvalue weighted by atomic mass is 10.0. The zero-order valence-electron chi connectivity index (χ0n) is 25.2. The molecule has 0 unspecified atom stereocenters. The second kappa shape index (κ2) is 13.2. The minimum atomic E-state index is -0.0635. The van der Waals surface area contributed by atoms with Crippen LogP contribution < -0.4 is 10.9 Å². The van der Waals surface area contributed by atoms with Crippen molar-refractivity contribution in [2.75, 3.05) is 26.2 Å². The number of hydrogen-bond acceptors (Lipinski definition) is 8. The van der Waals surface area contributed by atoms with E-state index in [1.165, 1.54) is 0 Å². The smallest absolute Gasteiger partial charge is 0.273 e. The topological polar surface area (TPSA) is 125 Å². The van der Waals surface area contributed by atoms with Crippen LogP contribution in [-0.4, -0.2) is 77.2 Å². The van der Waals surface area contributed by atoms with E-state index in [9.17, 15) is 9.59 Å². The van der Waals surface area contributed by atoms with Crippen LogP contribution in [0.5, 0.6) is 0 Å². The summed E-state index contributed by atoms with van der Waals surface area (Å²) in [6.07, 6.45) is 9.62. The summed E-state index contributed by atoms with van der Waals surface area (Å²) in [7, 11) is 0. The molecule has 6 heterocycles. The van der Waals surface area contributed by atoms with Crippen LogP contribution in [0.4, 0.5) is 0 Å². The summed E-state index contributed by atoms with van der Waals surface area (Å²) in [5, 5.41) is 12.2. The van der Waals surface area contributed by atoms with Crippen molar-refractivity contribution in [1.82, 2.24) is 50.1 Å². The quantitative estimate of drug-likeness (QED) is 0.306. The van der Waals surface area contributed by atoms with Gasteiger partial charge in [-0.1, -0.05) is 26.7 Å². The van der Waals surface area contributed by atoms with Crippen molar-refractivity contribution < 1.29 is 9.59 Å². The summed E-state index contributed by atoms with van der Waals surface area (Å²) in [5.41, 5.74) is 11.0. The van der Waals surface area contributed by atoms with Crippen molar-refractivity contribution in [3.8, 4) is 0 Å². The van der Waals surface area contributed by atoms with Crippen LogP contribution >= 0.6 is 31.9 Å². The molecule has 0 bridgehead atoms. The molecule has 1 aliphatic carbocycles. The van der Waals surface area contributed by atoms with Crippen LogP contribution in [0.2, 0.25) is 0 Å². The van der Waals surface area contributed by atoms with Gasteiger partial charge in [0, 0.05) is 49.4 Å². The molecule has 234 valence electrons. The van der Waals surface area contributed by atoms with E-state index in [4.69, 9.17) is 0 Å². The van der Waals surface area contributed by atoms with Gasteiger partial charge in [-0.15, -0.1) is 0 Å². The molecule has 4 aromatic rings. The summed E-state index contributed by atoms with van der Waals surface area (Å²) >= 11 is 6.77. The summed E-state index contributed by atoms with van der Waals surface area (Å²) in [5.74, 6) is -0.108. The maximum absolute atomic E-state index is 12.9. The number of halogens is 2. The lowest BCUT2D eigenvalue weighted by Crippen LogP contribution is -2.43. The van der Waals surface area contributed by atoms with Crippen molar-refractivity contribution in [2.45, 2.75) is 77.0 Å². The van der Waals surface area contributed by atoms with E-state index < -0.39 is 0 Å². The highest BCUT2D eigenvalue weighted by molar-refractivity contribution is 9.10. The first kappa shape index (κ1) is 31.1. The highest BCUT2D eigenvalue weighted by Gasteiger charge is 2.42. The molecule has 3 aliphatic rings. The first-order valence-corrected chi connectivity index (χ1v) is 17.1. The number of nitrogens with one attached hydrogen (secondary N) is 2. The predicted octanol–water partition coefficient (Wildman–Crippen LogP) is 4.86. The Hall–Kier alpha value is -2.94. The molecule has 7 rings (SSSR count). The fourth-order valence-corrected chi connectivity index (χ4v) is 6.38. The molecule has 14 heteroatoms. The Morgan fingerprint density at radius 2 is 1.30 bits per heavy atom. The molecule has 0 aromatic carbocycles. The standard InChI is InChI=1S/C16H20BrN5O.C14H18BrN5O/c1-16(5-6-16)12-9-11(19-14-10-13(17)20-22(12)14)15(23)21-8-4-2-3-7-18-21;1-2-10-8-11(17-13-9-12(15)18-20(10)13)14(21)19-7-5-3-4-6-16-19/h9-10,18H,2-8H2,1H3;8-9,16H,2-7H2,1H3. The van der Waals surface area contributed by atoms with Gasteiger partial charge < -0.3 is 0 Å². The monoisotopic (exact) mass is 728 g/mol. The van der Waals surface area contributed by atoms with E-state index in [0.29, 0.717) is 17.0 Å². The van der Waals surface area contributed by atoms with E-state index in [1.54, 1.807) is 14.5 Å². The molecule has 2 amide bonds. The molecule has 12 nitrogen and oxygen atoms in total. The average molecular weight is 731 g/mol. The molecule has 2 aliphatic heterocycles. The van der Waals surface area contributed by atoms with Gasteiger partial charge in [0.05, 0.1) is 5.69 Å². The number of nitrogens with zero attached hydrogens (tertiary/aromatic N) is 8. The van der Waals surface area contributed by atoms with Gasteiger partial charge in [-0.2, -0.15) is 10.2 Å². The van der Waals surface area contributed by atoms with Gasteiger partial charge in [0.2, 0.25) is 0 Å². The molecule has 2 saturated heterocycles. The highest BCUT2D eigenvalue weighted by Crippen LogP contribution is 2.47. The van der Waals surface area contributed by atoms with Gasteiger partial charge in [0.25, 0.3) is 11.8 Å². The number of hydrazine groups is 2. The minimum absolute atomic E-state index is 0.0442. The van der Waals surface area contributed by atoms with E-state index in [1.807, 2.05) is 35.7 Å². The molecule has 1 saturated carbocycles. The number of carbonyl (C=O) groups excluding carboxylic acids is 2. The second-order valence-corrected chi connectivity index (χ2v) is 13.5. The SMILES string of the molecule is CC1(c2cc(C(=O)N3CCCCCN3)nc3cc(Br)nn23)CC1.CCc1cc(C(=O)N2CCCCCN2)nc2cc(Br)nn12. The first-order chi connectivity index (χ1) is 21.3. The molecular weight excluding hydrogens is 692 g/mol. The Morgan fingerprint density at radius 1 is 0.773 bits per heavy atom. The molecule has 2 N–H and O–H groups in total. The van der Waals surface area contributed by atoms with Gasteiger partial charge in [0.1, 0.15) is 20.6 Å². The van der Waals surface area contributed by atoms with Gasteiger partial charge in [-0.3, -0.25) is 19.6 Å². The summed E-state index contributed by atoms with van der Waals surface area (Å²) < 4.78 is 5.11. The van der Waals surface area contributed by atoms with Crippen LogP contribution in [0.3, 0.4) is 0 Å². The number of carbonyl (C=O) groups is 2. The van der Waals surface area contributed by atoms with Gasteiger partial charge >= 0.3 is 0 Å².